The summed E-state index contributed by atoms with van der Waals surface area (Å²) in [6.45, 7) is 9.20. The molecule has 2 fully saturated rings. The molecule has 1 aromatic carbocycles. The van der Waals surface area contributed by atoms with Crippen LogP contribution in [0.15, 0.2) is 41.1 Å². The van der Waals surface area contributed by atoms with E-state index in [-0.39, 0.29) is 17.9 Å². The van der Waals surface area contributed by atoms with Crippen LogP contribution < -0.4 is 9.64 Å². The van der Waals surface area contributed by atoms with Gasteiger partial charge < -0.3 is 28.6 Å². The summed E-state index contributed by atoms with van der Waals surface area (Å²) in [5.41, 5.74) is 2.37. The number of rotatable bonds is 3. The van der Waals surface area contributed by atoms with Gasteiger partial charge in [0.05, 0.1) is 12.8 Å². The Kier molecular flexibility index (Phi) is 7.83. The van der Waals surface area contributed by atoms with Crippen molar-refractivity contribution in [3.8, 4) is 17.6 Å². The lowest BCUT2D eigenvalue weighted by molar-refractivity contribution is -0.137. The van der Waals surface area contributed by atoms with E-state index in [9.17, 15) is 9.59 Å². The number of ether oxygens (including phenoxy) is 2. The van der Waals surface area contributed by atoms with Gasteiger partial charge in [0.2, 0.25) is 5.91 Å². The van der Waals surface area contributed by atoms with Gasteiger partial charge in [-0.3, -0.25) is 9.78 Å². The summed E-state index contributed by atoms with van der Waals surface area (Å²) in [6.07, 6.45) is 4.38. The van der Waals surface area contributed by atoms with Crippen molar-refractivity contribution >= 4 is 28.8 Å². The van der Waals surface area contributed by atoms with Crippen molar-refractivity contribution in [2.24, 2.45) is 5.92 Å². The lowest BCUT2D eigenvalue weighted by atomic mass is 9.95. The molecule has 0 spiro atoms. The molecule has 5 rings (SSSR count). The number of anilines is 1. The van der Waals surface area contributed by atoms with Gasteiger partial charge in [-0.15, -0.1) is 0 Å². The number of methoxy groups -OCH3 is 1. The highest BCUT2D eigenvalue weighted by atomic mass is 16.6. The number of nitrogens with zero attached hydrogens (tertiary/aromatic N) is 5. The third-order valence-corrected chi connectivity index (χ3v) is 7.11. The van der Waals surface area contributed by atoms with Gasteiger partial charge in [0.25, 0.3) is 5.89 Å². The number of likely N-dealkylation sites (tertiary alicyclic amines) is 1. The molecule has 40 heavy (non-hydrogen) atoms. The van der Waals surface area contributed by atoms with E-state index in [1.165, 1.54) is 0 Å². The number of oxazole rings is 1. The number of pyridine rings is 1. The second kappa shape index (κ2) is 11.5. The number of carbonyl (C=O) groups excluding carboxylic acids is 2. The van der Waals surface area contributed by atoms with E-state index in [2.05, 4.69) is 26.7 Å². The third kappa shape index (κ3) is 6.14. The van der Waals surface area contributed by atoms with Gasteiger partial charge in [0.1, 0.15) is 11.4 Å². The molecule has 0 unspecified atom stereocenters. The highest BCUT2D eigenvalue weighted by molar-refractivity contribution is 5.92. The quantitative estimate of drug-likeness (QED) is 0.457. The minimum absolute atomic E-state index is 0.0758. The van der Waals surface area contributed by atoms with Gasteiger partial charge in [-0.1, -0.05) is 5.92 Å². The van der Waals surface area contributed by atoms with Crippen molar-refractivity contribution in [2.75, 3.05) is 51.3 Å². The van der Waals surface area contributed by atoms with Crippen molar-refractivity contribution in [3.05, 3.63) is 48.1 Å². The van der Waals surface area contributed by atoms with E-state index in [0.29, 0.717) is 74.9 Å². The van der Waals surface area contributed by atoms with Crippen LogP contribution in [0, 0.1) is 17.8 Å². The van der Waals surface area contributed by atoms with Crippen LogP contribution in [0.2, 0.25) is 0 Å². The fourth-order valence-electron chi connectivity index (χ4n) is 5.06. The number of benzene rings is 1. The van der Waals surface area contributed by atoms with Gasteiger partial charge in [-0.25, -0.2) is 4.79 Å². The molecular weight excluding hydrogens is 510 g/mol. The van der Waals surface area contributed by atoms with Crippen molar-refractivity contribution in [1.82, 2.24) is 19.8 Å². The summed E-state index contributed by atoms with van der Waals surface area (Å²) < 4.78 is 17.1. The van der Waals surface area contributed by atoms with E-state index in [1.807, 2.05) is 49.9 Å². The molecule has 3 aromatic rings. The maximum absolute atomic E-state index is 13.3. The van der Waals surface area contributed by atoms with E-state index in [1.54, 1.807) is 24.4 Å². The van der Waals surface area contributed by atoms with Gasteiger partial charge >= 0.3 is 6.09 Å². The number of hydrogen-bond acceptors (Lipinski definition) is 8. The Morgan fingerprint density at radius 2 is 1.75 bits per heavy atom. The van der Waals surface area contributed by atoms with Gasteiger partial charge in [0.15, 0.2) is 11.1 Å². The van der Waals surface area contributed by atoms with E-state index < -0.39 is 5.60 Å². The Hall–Kier alpha value is -4.26. The van der Waals surface area contributed by atoms with Crippen LogP contribution in [0.25, 0.3) is 11.1 Å². The average Bonchev–Trinajstić information content (AvgIpc) is 3.39. The average molecular weight is 546 g/mol. The van der Waals surface area contributed by atoms with Crippen molar-refractivity contribution in [2.45, 2.75) is 39.2 Å². The second-order valence-corrected chi connectivity index (χ2v) is 11.0. The Balaban J connectivity index is 1.22. The Labute approximate surface area is 234 Å². The first-order chi connectivity index (χ1) is 19.2. The van der Waals surface area contributed by atoms with Crippen LogP contribution in [0.5, 0.6) is 5.75 Å². The largest absolute Gasteiger partial charge is 0.494 e. The molecule has 10 heteroatoms. The Morgan fingerprint density at radius 3 is 2.40 bits per heavy atom. The lowest BCUT2D eigenvalue weighted by Gasteiger charge is -2.39. The summed E-state index contributed by atoms with van der Waals surface area (Å²) in [6, 6.07) is 7.55. The van der Waals surface area contributed by atoms with Crippen molar-refractivity contribution < 1.29 is 23.5 Å². The molecule has 2 amide bonds. The first-order valence-electron chi connectivity index (χ1n) is 13.6. The first-order valence-corrected chi connectivity index (χ1v) is 13.6. The standard InChI is InChI=1S/C30H35N5O5/c1-30(2,3)40-29(37)35-14-11-22(12-15-35)28(36)34-18-16-33(17-19-34)23-8-9-24(38-4)26-27(23)39-25(32-26)10-7-21-6-5-13-31-20-21/h5-6,8-9,13,20,22H,11-12,14-19H2,1-4H3. The van der Waals surface area contributed by atoms with Crippen LogP contribution in [-0.4, -0.2) is 83.7 Å². The number of piperidine rings is 1. The maximum atomic E-state index is 13.3. The van der Waals surface area contributed by atoms with Gasteiger partial charge in [-0.2, -0.15) is 4.98 Å². The molecule has 0 aliphatic carbocycles. The predicted octanol–water partition coefficient (Wildman–Crippen LogP) is 3.93. The molecule has 0 N–H and O–H groups in total. The van der Waals surface area contributed by atoms with Crippen molar-refractivity contribution in [3.63, 3.8) is 0 Å². The molecule has 0 atom stereocenters. The number of carbonyl (C=O) groups is 2. The molecular formula is C30H35N5O5. The Morgan fingerprint density at radius 1 is 1.00 bits per heavy atom. The van der Waals surface area contributed by atoms with E-state index >= 15 is 0 Å². The highest BCUT2D eigenvalue weighted by Crippen LogP contribution is 2.35. The molecule has 0 saturated carbocycles. The first kappa shape index (κ1) is 27.3. The number of amides is 2. The normalized spacial score (nSPS) is 16.4. The zero-order chi connectivity index (χ0) is 28.3. The lowest BCUT2D eigenvalue weighted by Crippen LogP contribution is -2.52. The van der Waals surface area contributed by atoms with Crippen LogP contribution in [0.4, 0.5) is 10.5 Å². The van der Waals surface area contributed by atoms with E-state index in [0.717, 1.165) is 11.3 Å². The second-order valence-electron chi connectivity index (χ2n) is 11.0. The predicted molar refractivity (Wildman–Crippen MR) is 150 cm³/mol. The number of hydrogen-bond donors (Lipinski definition) is 0. The molecule has 4 heterocycles. The van der Waals surface area contributed by atoms with Crippen LogP contribution in [0.1, 0.15) is 45.1 Å². The smallest absolute Gasteiger partial charge is 0.410 e. The topological polar surface area (TPSA) is 101 Å². The Bertz CT molecular complexity index is 1420. The minimum Gasteiger partial charge on any atom is -0.494 e. The molecule has 0 bridgehead atoms. The minimum atomic E-state index is -0.528. The summed E-state index contributed by atoms with van der Waals surface area (Å²) in [7, 11) is 1.60. The maximum Gasteiger partial charge on any atom is 0.410 e. The summed E-state index contributed by atoms with van der Waals surface area (Å²) >= 11 is 0. The molecule has 10 nitrogen and oxygen atoms in total. The molecule has 2 aliphatic rings. The van der Waals surface area contributed by atoms with Gasteiger partial charge in [0, 0.05) is 63.1 Å². The summed E-state index contributed by atoms with van der Waals surface area (Å²) in [4.78, 5) is 40.2. The number of piperazine rings is 1. The SMILES string of the molecule is COc1ccc(N2CCN(C(=O)C3CCN(C(=O)OC(C)(C)C)CC3)CC2)c2oc(C#Cc3cccnc3)nc12. The van der Waals surface area contributed by atoms with Crippen molar-refractivity contribution in [1.29, 1.82) is 0 Å². The molecule has 2 aliphatic heterocycles. The fraction of sp³-hybridized carbons (Fsp3) is 0.467. The van der Waals surface area contributed by atoms with E-state index in [4.69, 9.17) is 13.9 Å². The van der Waals surface area contributed by atoms with Crippen LogP contribution in [-0.2, 0) is 9.53 Å². The molecule has 0 radical (unpaired) electrons. The molecule has 2 saturated heterocycles. The third-order valence-electron chi connectivity index (χ3n) is 7.11. The van der Waals surface area contributed by atoms with Gasteiger partial charge in [-0.05, 0) is 63.8 Å². The van der Waals surface area contributed by atoms with Crippen LogP contribution >= 0.6 is 0 Å². The molecule has 210 valence electrons. The highest BCUT2D eigenvalue weighted by Gasteiger charge is 2.33. The zero-order valence-corrected chi connectivity index (χ0v) is 23.5. The number of fused-ring (bicyclic) bond motifs is 1. The summed E-state index contributed by atoms with van der Waals surface area (Å²) in [5, 5.41) is 0. The van der Waals surface area contributed by atoms with Crippen LogP contribution in [0.3, 0.4) is 0 Å². The molecule has 2 aromatic heterocycles. The monoisotopic (exact) mass is 545 g/mol. The fourth-order valence-corrected chi connectivity index (χ4v) is 5.06. The number of aromatic nitrogens is 2. The summed E-state index contributed by atoms with van der Waals surface area (Å²) in [5.74, 6) is 7.02. The zero-order valence-electron chi connectivity index (χ0n) is 23.5.